The molecule has 0 radical (unpaired) electrons. The van der Waals surface area contributed by atoms with Crippen molar-refractivity contribution in [3.8, 4) is 28.3 Å². The van der Waals surface area contributed by atoms with Crippen molar-refractivity contribution in [2.24, 2.45) is 0 Å². The summed E-state index contributed by atoms with van der Waals surface area (Å²) in [6, 6.07) is 11.1. The Morgan fingerprint density at radius 2 is 1.82 bits per heavy atom. The lowest BCUT2D eigenvalue weighted by molar-refractivity contribution is 0.0692. The minimum atomic E-state index is -1.15. The van der Waals surface area contributed by atoms with Gasteiger partial charge in [0.2, 0.25) is 5.88 Å². The molecule has 34 heavy (non-hydrogen) atoms. The van der Waals surface area contributed by atoms with Gasteiger partial charge in [-0.3, -0.25) is 4.79 Å². The third-order valence-corrected chi connectivity index (χ3v) is 5.73. The first-order valence-corrected chi connectivity index (χ1v) is 11.0. The van der Waals surface area contributed by atoms with Crippen LogP contribution in [0.1, 0.15) is 53.0 Å². The van der Waals surface area contributed by atoms with E-state index in [0.29, 0.717) is 39.8 Å². The number of Topliss-reactive ketones (excluding diaryl/α,β-unsaturated/α-hetero) is 1. The van der Waals surface area contributed by atoms with E-state index in [1.54, 1.807) is 25.3 Å². The maximum Gasteiger partial charge on any atom is 0.341 e. The van der Waals surface area contributed by atoms with E-state index in [9.17, 15) is 19.1 Å². The molecule has 6 nitrogen and oxygen atoms in total. The van der Waals surface area contributed by atoms with E-state index in [0.717, 1.165) is 17.5 Å². The lowest BCUT2D eigenvalue weighted by Crippen LogP contribution is -2.03. The minimum Gasteiger partial charge on any atom is -0.480 e. The Hall–Kier alpha value is -4.00. The highest BCUT2D eigenvalue weighted by molar-refractivity contribution is 6.13. The van der Waals surface area contributed by atoms with Crippen LogP contribution in [-0.4, -0.2) is 29.0 Å². The third kappa shape index (κ3) is 4.17. The molecule has 0 aliphatic carbocycles. The molecule has 0 saturated carbocycles. The fourth-order valence-electron chi connectivity index (χ4n) is 4.10. The Labute approximate surface area is 196 Å². The number of carboxylic acids is 1. The molecule has 2 aromatic heterocycles. The monoisotopic (exact) mass is 461 g/mol. The Morgan fingerprint density at radius 3 is 2.44 bits per heavy atom. The molecule has 0 spiro atoms. The second-order valence-electron chi connectivity index (χ2n) is 7.93. The van der Waals surface area contributed by atoms with Crippen LogP contribution in [0.2, 0.25) is 0 Å². The van der Waals surface area contributed by atoms with Crippen LogP contribution in [-0.2, 0) is 6.42 Å². The number of aromatic nitrogens is 1. The van der Waals surface area contributed by atoms with E-state index in [4.69, 9.17) is 9.15 Å². The Balaban J connectivity index is 2.01. The first-order chi connectivity index (χ1) is 16.4. The lowest BCUT2D eigenvalue weighted by Gasteiger charge is -2.12. The highest BCUT2D eigenvalue weighted by Crippen LogP contribution is 2.39. The number of ketones is 1. The van der Waals surface area contributed by atoms with Gasteiger partial charge in [0.05, 0.1) is 12.7 Å². The number of benzene rings is 2. The number of furan rings is 1. The maximum atomic E-state index is 13.5. The Kier molecular flexibility index (Phi) is 6.45. The summed E-state index contributed by atoms with van der Waals surface area (Å²) in [7, 11) is 1.37. The number of aromatic carboxylic acids is 1. The van der Waals surface area contributed by atoms with Gasteiger partial charge in [-0.1, -0.05) is 20.3 Å². The van der Waals surface area contributed by atoms with E-state index in [1.165, 1.54) is 25.3 Å². The van der Waals surface area contributed by atoms with Gasteiger partial charge >= 0.3 is 5.97 Å². The average Bonchev–Trinajstić information content (AvgIpc) is 3.21. The molecule has 0 saturated heterocycles. The molecule has 0 unspecified atom stereocenters. The number of carboxylic acid groups (broad SMARTS) is 1. The van der Waals surface area contributed by atoms with Crippen LogP contribution in [0.25, 0.3) is 33.4 Å². The standard InChI is InChI=1S/C27H24FNO5/c1-4-6-16-12-23-20(13-19(16)17-11-21(27(31)32)26(33-3)29-14-17)24(22(30)5-2)25(34-23)15-7-9-18(28)10-8-15/h7-14H,4-6H2,1-3H3,(H,31,32). The van der Waals surface area contributed by atoms with E-state index < -0.39 is 5.97 Å². The van der Waals surface area contributed by atoms with Crippen molar-refractivity contribution in [2.75, 3.05) is 7.11 Å². The van der Waals surface area contributed by atoms with Crippen LogP contribution in [0.4, 0.5) is 4.39 Å². The molecule has 2 aromatic carbocycles. The molecular weight excluding hydrogens is 437 g/mol. The summed E-state index contributed by atoms with van der Waals surface area (Å²) >= 11 is 0. The highest BCUT2D eigenvalue weighted by Gasteiger charge is 2.23. The van der Waals surface area contributed by atoms with Gasteiger partial charge in [-0.15, -0.1) is 0 Å². The van der Waals surface area contributed by atoms with Gasteiger partial charge in [-0.2, -0.15) is 0 Å². The molecule has 4 aromatic rings. The molecule has 4 rings (SSSR count). The molecule has 0 aliphatic heterocycles. The summed E-state index contributed by atoms with van der Waals surface area (Å²) in [6.07, 6.45) is 3.39. The number of aryl methyl sites for hydroxylation is 1. The lowest BCUT2D eigenvalue weighted by atomic mass is 9.93. The number of methoxy groups -OCH3 is 1. The van der Waals surface area contributed by atoms with Crippen molar-refractivity contribution >= 4 is 22.7 Å². The number of hydrogen-bond donors (Lipinski definition) is 1. The zero-order valence-corrected chi connectivity index (χ0v) is 19.1. The first-order valence-electron chi connectivity index (χ1n) is 11.0. The predicted molar refractivity (Wildman–Crippen MR) is 127 cm³/mol. The van der Waals surface area contributed by atoms with Crippen molar-refractivity contribution < 1.29 is 28.2 Å². The smallest absolute Gasteiger partial charge is 0.341 e. The van der Waals surface area contributed by atoms with Gasteiger partial charge in [-0.25, -0.2) is 14.2 Å². The second kappa shape index (κ2) is 9.47. The fourth-order valence-corrected chi connectivity index (χ4v) is 4.10. The van der Waals surface area contributed by atoms with Gasteiger partial charge in [0.1, 0.15) is 22.7 Å². The van der Waals surface area contributed by atoms with Gasteiger partial charge in [0, 0.05) is 29.1 Å². The topological polar surface area (TPSA) is 89.6 Å². The summed E-state index contributed by atoms with van der Waals surface area (Å²) in [4.78, 5) is 28.9. The van der Waals surface area contributed by atoms with Crippen molar-refractivity contribution in [2.45, 2.75) is 33.1 Å². The molecule has 174 valence electrons. The van der Waals surface area contributed by atoms with Gasteiger partial charge in [0.15, 0.2) is 5.78 Å². The summed E-state index contributed by atoms with van der Waals surface area (Å²) in [6.45, 7) is 3.82. The molecule has 2 heterocycles. The minimum absolute atomic E-state index is 0.0260. The molecule has 0 amide bonds. The number of hydrogen-bond acceptors (Lipinski definition) is 5. The molecule has 0 bridgehead atoms. The molecule has 0 atom stereocenters. The van der Waals surface area contributed by atoms with Crippen molar-refractivity contribution in [1.82, 2.24) is 4.98 Å². The Morgan fingerprint density at radius 1 is 1.09 bits per heavy atom. The van der Waals surface area contributed by atoms with E-state index in [-0.39, 0.29) is 29.5 Å². The largest absolute Gasteiger partial charge is 0.480 e. The third-order valence-electron chi connectivity index (χ3n) is 5.73. The number of carbonyl (C=O) groups excluding carboxylic acids is 1. The van der Waals surface area contributed by atoms with Gasteiger partial charge < -0.3 is 14.3 Å². The zero-order valence-electron chi connectivity index (χ0n) is 19.1. The molecule has 1 N–H and O–H groups in total. The maximum absolute atomic E-state index is 13.5. The number of rotatable bonds is 8. The van der Waals surface area contributed by atoms with Crippen LogP contribution in [0.3, 0.4) is 0 Å². The van der Waals surface area contributed by atoms with Crippen molar-refractivity contribution in [3.05, 3.63) is 71.2 Å². The molecule has 7 heteroatoms. The van der Waals surface area contributed by atoms with Crippen LogP contribution in [0.5, 0.6) is 5.88 Å². The van der Waals surface area contributed by atoms with Crippen molar-refractivity contribution in [3.63, 3.8) is 0 Å². The first kappa shape index (κ1) is 23.2. The number of nitrogens with zero attached hydrogens (tertiary/aromatic N) is 1. The highest BCUT2D eigenvalue weighted by atomic mass is 19.1. The van der Waals surface area contributed by atoms with Crippen LogP contribution < -0.4 is 4.74 Å². The SMILES string of the molecule is CCCc1cc2oc(-c3ccc(F)cc3)c(C(=O)CC)c2cc1-c1cnc(OC)c(C(=O)O)c1. The van der Waals surface area contributed by atoms with Crippen LogP contribution in [0.15, 0.2) is 53.1 Å². The number of halogens is 1. The zero-order chi connectivity index (χ0) is 24.4. The molecule has 0 aliphatic rings. The molecule has 0 fully saturated rings. The number of carbonyl (C=O) groups is 2. The number of pyridine rings is 1. The summed E-state index contributed by atoms with van der Waals surface area (Å²) in [5.41, 5.74) is 3.83. The van der Waals surface area contributed by atoms with Crippen LogP contribution in [0, 0.1) is 5.82 Å². The fraction of sp³-hybridized carbons (Fsp3) is 0.222. The summed E-state index contributed by atoms with van der Waals surface area (Å²) in [5, 5.41) is 10.2. The number of fused-ring (bicyclic) bond motifs is 1. The number of ether oxygens (including phenoxy) is 1. The van der Waals surface area contributed by atoms with E-state index >= 15 is 0 Å². The van der Waals surface area contributed by atoms with Gasteiger partial charge in [0.25, 0.3) is 0 Å². The average molecular weight is 461 g/mol. The summed E-state index contributed by atoms with van der Waals surface area (Å²) < 4.78 is 24.7. The predicted octanol–water partition coefficient (Wildman–Crippen LogP) is 6.55. The summed E-state index contributed by atoms with van der Waals surface area (Å²) in [5.74, 6) is -1.21. The van der Waals surface area contributed by atoms with Crippen LogP contribution >= 0.6 is 0 Å². The van der Waals surface area contributed by atoms with E-state index in [2.05, 4.69) is 4.98 Å². The Bertz CT molecular complexity index is 1390. The molecular formula is C27H24FNO5. The second-order valence-corrected chi connectivity index (χ2v) is 7.93. The van der Waals surface area contributed by atoms with Crippen molar-refractivity contribution in [1.29, 1.82) is 0 Å². The quantitative estimate of drug-likeness (QED) is 0.299. The normalized spacial score (nSPS) is 11.1. The van der Waals surface area contributed by atoms with Gasteiger partial charge in [-0.05, 0) is 60.0 Å². The van der Waals surface area contributed by atoms with E-state index in [1.807, 2.05) is 19.1 Å².